The summed E-state index contributed by atoms with van der Waals surface area (Å²) < 4.78 is 13.2. The van der Waals surface area contributed by atoms with Crippen LogP contribution in [0.25, 0.3) is 0 Å². The van der Waals surface area contributed by atoms with Crippen LogP contribution in [0.3, 0.4) is 0 Å². The van der Waals surface area contributed by atoms with E-state index >= 15 is 0 Å². The summed E-state index contributed by atoms with van der Waals surface area (Å²) in [4.78, 5) is 0. The van der Waals surface area contributed by atoms with Crippen LogP contribution in [0.5, 0.6) is 0 Å². The predicted octanol–water partition coefficient (Wildman–Crippen LogP) is 2.66. The molecule has 0 saturated heterocycles. The minimum Gasteiger partial charge on any atom is -0.319 e. The van der Waals surface area contributed by atoms with Crippen molar-refractivity contribution in [3.63, 3.8) is 0 Å². The average molecular weight is 264 g/mol. The zero-order chi connectivity index (χ0) is 13.7. The van der Waals surface area contributed by atoms with Gasteiger partial charge in [-0.2, -0.15) is 0 Å². The first kappa shape index (κ1) is 14.5. The number of aryl methyl sites for hydroxylation is 1. The summed E-state index contributed by atoms with van der Waals surface area (Å²) in [6, 6.07) is 5.40. The lowest BCUT2D eigenvalue weighted by Crippen LogP contribution is -2.46. The fourth-order valence-electron chi connectivity index (χ4n) is 2.92. The zero-order valence-corrected chi connectivity index (χ0v) is 12.1. The smallest absolute Gasteiger partial charge is 0.126 e. The molecule has 1 aromatic carbocycles. The Morgan fingerprint density at radius 2 is 2.05 bits per heavy atom. The molecule has 0 amide bonds. The second-order valence-corrected chi connectivity index (χ2v) is 5.89. The van der Waals surface area contributed by atoms with E-state index < -0.39 is 0 Å². The van der Waals surface area contributed by atoms with Gasteiger partial charge in [-0.1, -0.05) is 18.6 Å². The first-order chi connectivity index (χ1) is 9.15. The van der Waals surface area contributed by atoms with Gasteiger partial charge in [0.1, 0.15) is 5.82 Å². The van der Waals surface area contributed by atoms with E-state index in [2.05, 4.69) is 10.6 Å². The van der Waals surface area contributed by atoms with E-state index in [0.29, 0.717) is 5.41 Å². The monoisotopic (exact) mass is 264 g/mol. The molecule has 2 rings (SSSR count). The lowest BCUT2D eigenvalue weighted by atomic mass is 9.68. The highest BCUT2D eigenvalue weighted by atomic mass is 19.1. The van der Waals surface area contributed by atoms with E-state index in [4.69, 9.17) is 0 Å². The van der Waals surface area contributed by atoms with Crippen LogP contribution in [0.2, 0.25) is 0 Å². The lowest BCUT2D eigenvalue weighted by molar-refractivity contribution is 0.131. The van der Waals surface area contributed by atoms with E-state index in [1.54, 1.807) is 6.07 Å². The van der Waals surface area contributed by atoms with Gasteiger partial charge in [0.05, 0.1) is 0 Å². The van der Waals surface area contributed by atoms with Crippen molar-refractivity contribution in [2.75, 3.05) is 26.7 Å². The fraction of sp³-hybridized carbons (Fsp3) is 0.625. The molecule has 1 aliphatic rings. The Labute approximate surface area is 115 Å². The average Bonchev–Trinajstić information content (AvgIpc) is 2.35. The molecule has 3 heteroatoms. The largest absolute Gasteiger partial charge is 0.319 e. The van der Waals surface area contributed by atoms with Crippen molar-refractivity contribution in [1.82, 2.24) is 10.6 Å². The number of nitrogens with one attached hydrogen (secondary N) is 2. The van der Waals surface area contributed by atoms with Gasteiger partial charge in [0, 0.05) is 13.1 Å². The highest BCUT2D eigenvalue weighted by Crippen LogP contribution is 2.39. The molecule has 0 spiro atoms. The van der Waals surface area contributed by atoms with Crippen LogP contribution >= 0.6 is 0 Å². The quantitative estimate of drug-likeness (QED) is 0.740. The number of hydrogen-bond acceptors (Lipinski definition) is 2. The van der Waals surface area contributed by atoms with Crippen molar-refractivity contribution < 1.29 is 4.39 Å². The van der Waals surface area contributed by atoms with Gasteiger partial charge < -0.3 is 10.6 Å². The summed E-state index contributed by atoms with van der Waals surface area (Å²) in [5, 5.41) is 6.86. The molecule has 0 unspecified atom stereocenters. The van der Waals surface area contributed by atoms with Crippen molar-refractivity contribution >= 4 is 0 Å². The second kappa shape index (κ2) is 6.49. The van der Waals surface area contributed by atoms with Crippen LogP contribution < -0.4 is 10.6 Å². The number of hydrogen-bond donors (Lipinski definition) is 2. The Morgan fingerprint density at radius 3 is 2.63 bits per heavy atom. The number of halogens is 1. The molecule has 0 radical (unpaired) electrons. The van der Waals surface area contributed by atoms with Gasteiger partial charge in [-0.05, 0) is 62.4 Å². The van der Waals surface area contributed by atoms with Crippen LogP contribution in [0.1, 0.15) is 30.4 Å². The van der Waals surface area contributed by atoms with E-state index in [1.807, 2.05) is 26.1 Å². The normalized spacial score (nSPS) is 17.2. The predicted molar refractivity (Wildman–Crippen MR) is 77.9 cm³/mol. The minimum atomic E-state index is -0.112. The Balaban J connectivity index is 1.73. The van der Waals surface area contributed by atoms with Crippen LogP contribution in [0.15, 0.2) is 18.2 Å². The topological polar surface area (TPSA) is 24.1 Å². The highest BCUT2D eigenvalue weighted by molar-refractivity contribution is 5.24. The molecule has 1 saturated carbocycles. The summed E-state index contributed by atoms with van der Waals surface area (Å²) >= 11 is 0. The van der Waals surface area contributed by atoms with E-state index in [9.17, 15) is 4.39 Å². The molecule has 19 heavy (non-hydrogen) atoms. The maximum Gasteiger partial charge on any atom is 0.126 e. The van der Waals surface area contributed by atoms with E-state index in [0.717, 1.165) is 31.6 Å². The van der Waals surface area contributed by atoms with E-state index in [-0.39, 0.29) is 5.82 Å². The van der Waals surface area contributed by atoms with Crippen molar-refractivity contribution in [3.05, 3.63) is 35.1 Å². The summed E-state index contributed by atoms with van der Waals surface area (Å²) in [7, 11) is 2.03. The molecular weight excluding hydrogens is 239 g/mol. The van der Waals surface area contributed by atoms with Crippen LogP contribution in [-0.4, -0.2) is 26.7 Å². The SMILES string of the molecule is CNCC1(CNCCc2ccc(F)c(C)c2)CCC1. The second-order valence-electron chi connectivity index (χ2n) is 5.89. The lowest BCUT2D eigenvalue weighted by Gasteiger charge is -2.42. The Hall–Kier alpha value is -0.930. The van der Waals surface area contributed by atoms with E-state index in [1.165, 1.54) is 24.8 Å². The highest BCUT2D eigenvalue weighted by Gasteiger charge is 2.35. The van der Waals surface area contributed by atoms with Gasteiger partial charge in [0.25, 0.3) is 0 Å². The molecule has 106 valence electrons. The minimum absolute atomic E-state index is 0.112. The van der Waals surface area contributed by atoms with Crippen LogP contribution in [0.4, 0.5) is 4.39 Å². The third kappa shape index (κ3) is 3.77. The third-order valence-corrected chi connectivity index (χ3v) is 4.28. The molecule has 0 aliphatic heterocycles. The zero-order valence-electron chi connectivity index (χ0n) is 12.1. The number of benzene rings is 1. The first-order valence-electron chi connectivity index (χ1n) is 7.26. The van der Waals surface area contributed by atoms with Crippen molar-refractivity contribution in [3.8, 4) is 0 Å². The molecule has 1 fully saturated rings. The van der Waals surface area contributed by atoms with Gasteiger partial charge in [-0.3, -0.25) is 0 Å². The van der Waals surface area contributed by atoms with Gasteiger partial charge in [-0.25, -0.2) is 4.39 Å². The fourth-order valence-corrected chi connectivity index (χ4v) is 2.92. The summed E-state index contributed by atoms with van der Waals surface area (Å²) in [5.74, 6) is -0.112. The maximum absolute atomic E-state index is 13.2. The van der Waals surface area contributed by atoms with Crippen LogP contribution in [0, 0.1) is 18.2 Å². The van der Waals surface area contributed by atoms with Gasteiger partial charge in [0.2, 0.25) is 0 Å². The van der Waals surface area contributed by atoms with Gasteiger partial charge in [-0.15, -0.1) is 0 Å². The Kier molecular flexibility index (Phi) is 4.94. The maximum atomic E-state index is 13.2. The molecule has 1 aliphatic carbocycles. The number of rotatable bonds is 7. The first-order valence-corrected chi connectivity index (χ1v) is 7.26. The molecule has 0 heterocycles. The van der Waals surface area contributed by atoms with Crippen molar-refractivity contribution in [2.45, 2.75) is 32.6 Å². The van der Waals surface area contributed by atoms with Crippen LogP contribution in [-0.2, 0) is 6.42 Å². The summed E-state index contributed by atoms with van der Waals surface area (Å²) in [6.45, 7) is 4.99. The molecule has 2 N–H and O–H groups in total. The Morgan fingerprint density at radius 1 is 1.26 bits per heavy atom. The molecular formula is C16H25FN2. The molecule has 2 nitrogen and oxygen atoms in total. The molecule has 0 bridgehead atoms. The van der Waals surface area contributed by atoms with Crippen molar-refractivity contribution in [2.24, 2.45) is 5.41 Å². The molecule has 1 aromatic rings. The summed E-state index contributed by atoms with van der Waals surface area (Å²) in [6.07, 6.45) is 4.99. The third-order valence-electron chi connectivity index (χ3n) is 4.28. The van der Waals surface area contributed by atoms with Crippen molar-refractivity contribution in [1.29, 1.82) is 0 Å². The van der Waals surface area contributed by atoms with Gasteiger partial charge in [0.15, 0.2) is 0 Å². The molecule has 0 atom stereocenters. The Bertz CT molecular complexity index is 413. The summed E-state index contributed by atoms with van der Waals surface area (Å²) in [5.41, 5.74) is 2.43. The van der Waals surface area contributed by atoms with Gasteiger partial charge >= 0.3 is 0 Å². The molecule has 0 aromatic heterocycles. The standard InChI is InChI=1S/C16H25FN2/c1-13-10-14(4-5-15(13)17)6-9-19-12-16(11-18-2)7-3-8-16/h4-5,10,18-19H,3,6-9,11-12H2,1-2H3.